The highest BCUT2D eigenvalue weighted by Crippen LogP contribution is 2.25. The number of hydrogen-bond acceptors (Lipinski definition) is 2. The van der Waals surface area contributed by atoms with Gasteiger partial charge in [0.15, 0.2) is 0 Å². The molecule has 2 rings (SSSR count). The second kappa shape index (κ2) is 3.21. The zero-order valence-electron chi connectivity index (χ0n) is 7.95. The SMILES string of the molecule is CCc1ccc2c(n1)C=COC2C. The minimum absolute atomic E-state index is 0.137. The van der Waals surface area contributed by atoms with Gasteiger partial charge in [-0.3, -0.25) is 4.98 Å². The van der Waals surface area contributed by atoms with Gasteiger partial charge in [0.25, 0.3) is 0 Å². The predicted molar refractivity (Wildman–Crippen MR) is 52.1 cm³/mol. The fourth-order valence-electron chi connectivity index (χ4n) is 1.50. The zero-order chi connectivity index (χ0) is 9.26. The molecule has 1 aromatic heterocycles. The van der Waals surface area contributed by atoms with Crippen LogP contribution in [0.2, 0.25) is 0 Å². The molecule has 1 aliphatic heterocycles. The topological polar surface area (TPSA) is 22.1 Å². The molecule has 1 unspecified atom stereocenters. The van der Waals surface area contributed by atoms with Gasteiger partial charge in [-0.15, -0.1) is 0 Å². The molecule has 2 heteroatoms. The maximum Gasteiger partial charge on any atom is 0.122 e. The van der Waals surface area contributed by atoms with E-state index in [0.29, 0.717) is 0 Å². The van der Waals surface area contributed by atoms with Crippen molar-refractivity contribution in [2.75, 3.05) is 0 Å². The molecule has 2 nitrogen and oxygen atoms in total. The quantitative estimate of drug-likeness (QED) is 0.654. The summed E-state index contributed by atoms with van der Waals surface area (Å²) in [6.45, 7) is 4.15. The Morgan fingerprint density at radius 2 is 2.31 bits per heavy atom. The third-order valence-electron chi connectivity index (χ3n) is 2.32. The molecule has 2 heterocycles. The van der Waals surface area contributed by atoms with E-state index in [1.165, 1.54) is 5.56 Å². The second-order valence-electron chi connectivity index (χ2n) is 3.21. The van der Waals surface area contributed by atoms with Crippen LogP contribution in [0.3, 0.4) is 0 Å². The van der Waals surface area contributed by atoms with E-state index in [4.69, 9.17) is 4.74 Å². The maximum absolute atomic E-state index is 5.36. The summed E-state index contributed by atoms with van der Waals surface area (Å²) >= 11 is 0. The van der Waals surface area contributed by atoms with E-state index in [0.717, 1.165) is 17.8 Å². The number of aryl methyl sites for hydroxylation is 1. The summed E-state index contributed by atoms with van der Waals surface area (Å²) in [6.07, 6.45) is 4.77. The first-order valence-electron chi connectivity index (χ1n) is 4.63. The van der Waals surface area contributed by atoms with Crippen molar-refractivity contribution in [1.82, 2.24) is 4.98 Å². The molecule has 68 valence electrons. The molecule has 0 fully saturated rings. The largest absolute Gasteiger partial charge is 0.493 e. The Bertz CT molecular complexity index is 344. The smallest absolute Gasteiger partial charge is 0.122 e. The van der Waals surface area contributed by atoms with Crippen LogP contribution in [-0.2, 0) is 11.2 Å². The molecule has 1 atom stereocenters. The molecule has 0 saturated heterocycles. The molecule has 0 spiro atoms. The average Bonchev–Trinajstić information content (AvgIpc) is 2.18. The summed E-state index contributed by atoms with van der Waals surface area (Å²) in [7, 11) is 0. The van der Waals surface area contributed by atoms with Crippen LogP contribution in [0.15, 0.2) is 18.4 Å². The van der Waals surface area contributed by atoms with E-state index in [-0.39, 0.29) is 6.10 Å². The fraction of sp³-hybridized carbons (Fsp3) is 0.364. The van der Waals surface area contributed by atoms with Crippen molar-refractivity contribution >= 4 is 6.08 Å². The number of ether oxygens (including phenoxy) is 1. The average molecular weight is 175 g/mol. The lowest BCUT2D eigenvalue weighted by Crippen LogP contribution is -2.05. The highest BCUT2D eigenvalue weighted by Gasteiger charge is 2.14. The summed E-state index contributed by atoms with van der Waals surface area (Å²) in [5, 5.41) is 0. The summed E-state index contributed by atoms with van der Waals surface area (Å²) in [5.74, 6) is 0. The van der Waals surface area contributed by atoms with Gasteiger partial charge >= 0.3 is 0 Å². The molecule has 1 aromatic rings. The lowest BCUT2D eigenvalue weighted by atomic mass is 10.1. The Labute approximate surface area is 78.3 Å². The second-order valence-corrected chi connectivity index (χ2v) is 3.21. The third kappa shape index (κ3) is 1.44. The Kier molecular flexibility index (Phi) is 2.05. The molecule has 0 bridgehead atoms. The van der Waals surface area contributed by atoms with Gasteiger partial charge in [-0.2, -0.15) is 0 Å². The van der Waals surface area contributed by atoms with Gasteiger partial charge < -0.3 is 4.74 Å². The van der Waals surface area contributed by atoms with Gasteiger partial charge in [-0.05, 0) is 25.5 Å². The fourth-order valence-corrected chi connectivity index (χ4v) is 1.50. The lowest BCUT2D eigenvalue weighted by Gasteiger charge is -2.18. The van der Waals surface area contributed by atoms with Crippen LogP contribution in [0.5, 0.6) is 0 Å². The van der Waals surface area contributed by atoms with Crippen LogP contribution in [0.25, 0.3) is 6.08 Å². The van der Waals surface area contributed by atoms with Crippen molar-refractivity contribution in [1.29, 1.82) is 0 Å². The van der Waals surface area contributed by atoms with E-state index in [1.807, 2.05) is 13.0 Å². The van der Waals surface area contributed by atoms with Gasteiger partial charge in [0.1, 0.15) is 6.10 Å². The summed E-state index contributed by atoms with van der Waals surface area (Å²) in [6, 6.07) is 4.17. The Morgan fingerprint density at radius 1 is 1.46 bits per heavy atom. The van der Waals surface area contributed by atoms with Crippen LogP contribution in [0.1, 0.15) is 36.9 Å². The van der Waals surface area contributed by atoms with Crippen LogP contribution in [0.4, 0.5) is 0 Å². The van der Waals surface area contributed by atoms with Crippen molar-refractivity contribution in [3.8, 4) is 0 Å². The van der Waals surface area contributed by atoms with Gasteiger partial charge in [0.05, 0.1) is 12.0 Å². The molecule has 0 aromatic carbocycles. The van der Waals surface area contributed by atoms with E-state index >= 15 is 0 Å². The molecule has 1 aliphatic rings. The Hall–Kier alpha value is -1.31. The zero-order valence-corrected chi connectivity index (χ0v) is 7.95. The van der Waals surface area contributed by atoms with Crippen molar-refractivity contribution in [3.05, 3.63) is 35.3 Å². The molecule has 13 heavy (non-hydrogen) atoms. The Balaban J connectivity index is 2.47. The number of fused-ring (bicyclic) bond motifs is 1. The van der Waals surface area contributed by atoms with Crippen LogP contribution in [-0.4, -0.2) is 4.98 Å². The van der Waals surface area contributed by atoms with Crippen molar-refractivity contribution < 1.29 is 4.74 Å². The van der Waals surface area contributed by atoms with Gasteiger partial charge in [-0.25, -0.2) is 0 Å². The maximum atomic E-state index is 5.36. The molecule has 0 aliphatic carbocycles. The van der Waals surface area contributed by atoms with Crippen LogP contribution < -0.4 is 0 Å². The minimum atomic E-state index is 0.137. The highest BCUT2D eigenvalue weighted by molar-refractivity contribution is 5.51. The molecular weight excluding hydrogens is 162 g/mol. The van der Waals surface area contributed by atoms with Crippen LogP contribution >= 0.6 is 0 Å². The first kappa shape index (κ1) is 8.30. The minimum Gasteiger partial charge on any atom is -0.493 e. The first-order chi connectivity index (χ1) is 6.31. The summed E-state index contributed by atoms with van der Waals surface area (Å²) < 4.78 is 5.36. The van der Waals surface area contributed by atoms with Crippen molar-refractivity contribution in [2.45, 2.75) is 26.4 Å². The van der Waals surface area contributed by atoms with Crippen molar-refractivity contribution in [2.24, 2.45) is 0 Å². The van der Waals surface area contributed by atoms with Gasteiger partial charge in [0.2, 0.25) is 0 Å². The summed E-state index contributed by atoms with van der Waals surface area (Å²) in [4.78, 5) is 4.52. The Morgan fingerprint density at radius 3 is 3.08 bits per heavy atom. The standard InChI is InChI=1S/C11H13NO/c1-3-9-4-5-10-8(2)13-7-6-11(10)12-9/h4-8H,3H2,1-2H3. The van der Waals surface area contributed by atoms with E-state index in [2.05, 4.69) is 24.0 Å². The molecule has 0 amide bonds. The number of aromatic nitrogens is 1. The van der Waals surface area contributed by atoms with E-state index < -0.39 is 0 Å². The molecule has 0 saturated carbocycles. The molecule has 0 radical (unpaired) electrons. The number of hydrogen-bond donors (Lipinski definition) is 0. The van der Waals surface area contributed by atoms with Crippen LogP contribution in [0, 0.1) is 0 Å². The van der Waals surface area contributed by atoms with E-state index in [9.17, 15) is 0 Å². The third-order valence-corrected chi connectivity index (χ3v) is 2.32. The molecule has 0 N–H and O–H groups in total. The number of rotatable bonds is 1. The predicted octanol–water partition coefficient (Wildman–Crippen LogP) is 2.71. The first-order valence-corrected chi connectivity index (χ1v) is 4.63. The monoisotopic (exact) mass is 175 g/mol. The van der Waals surface area contributed by atoms with Gasteiger partial charge in [0, 0.05) is 11.3 Å². The van der Waals surface area contributed by atoms with Crippen molar-refractivity contribution in [3.63, 3.8) is 0 Å². The molecular formula is C11H13NO. The lowest BCUT2D eigenvalue weighted by molar-refractivity contribution is 0.161. The summed E-state index contributed by atoms with van der Waals surface area (Å²) in [5.41, 5.74) is 3.37. The number of pyridine rings is 1. The van der Waals surface area contributed by atoms with Gasteiger partial charge in [-0.1, -0.05) is 13.0 Å². The normalized spacial score (nSPS) is 19.4. The number of nitrogens with zero attached hydrogens (tertiary/aromatic N) is 1. The highest BCUT2D eigenvalue weighted by atomic mass is 16.5. The van der Waals surface area contributed by atoms with E-state index in [1.54, 1.807) is 6.26 Å².